The van der Waals surface area contributed by atoms with Gasteiger partial charge in [0.1, 0.15) is 22.8 Å². The number of anilines is 1. The van der Waals surface area contributed by atoms with Crippen LogP contribution >= 0.6 is 11.6 Å². The SMILES string of the molecule is COc1cc(NC(=O)c2cn3c(C)cccc3n2)c(OC)cc1Cl. The second-order valence-electron chi connectivity index (χ2n) is 5.16. The zero-order valence-corrected chi connectivity index (χ0v) is 14.2. The van der Waals surface area contributed by atoms with Gasteiger partial charge in [0.05, 0.1) is 24.9 Å². The van der Waals surface area contributed by atoms with Crippen LogP contribution in [0.15, 0.2) is 36.5 Å². The summed E-state index contributed by atoms with van der Waals surface area (Å²) in [5.74, 6) is 0.536. The van der Waals surface area contributed by atoms with Crippen molar-refractivity contribution in [3.8, 4) is 11.5 Å². The fraction of sp³-hybridized carbons (Fsp3) is 0.176. The molecule has 0 saturated heterocycles. The Morgan fingerprint density at radius 3 is 2.62 bits per heavy atom. The highest BCUT2D eigenvalue weighted by Gasteiger charge is 2.16. The number of imidazole rings is 1. The van der Waals surface area contributed by atoms with Crippen molar-refractivity contribution in [3.05, 3.63) is 52.9 Å². The smallest absolute Gasteiger partial charge is 0.275 e. The van der Waals surface area contributed by atoms with Crippen LogP contribution in [0.3, 0.4) is 0 Å². The van der Waals surface area contributed by atoms with E-state index >= 15 is 0 Å². The van der Waals surface area contributed by atoms with Gasteiger partial charge in [0.25, 0.3) is 5.91 Å². The van der Waals surface area contributed by atoms with Crippen LogP contribution in [0.25, 0.3) is 5.65 Å². The molecule has 1 aromatic carbocycles. The van der Waals surface area contributed by atoms with E-state index in [4.69, 9.17) is 21.1 Å². The normalized spacial score (nSPS) is 10.7. The molecule has 2 heterocycles. The summed E-state index contributed by atoms with van der Waals surface area (Å²) >= 11 is 6.07. The van der Waals surface area contributed by atoms with Gasteiger partial charge in [-0.2, -0.15) is 0 Å². The van der Waals surface area contributed by atoms with Gasteiger partial charge < -0.3 is 19.2 Å². The van der Waals surface area contributed by atoms with Crippen molar-refractivity contribution < 1.29 is 14.3 Å². The highest BCUT2D eigenvalue weighted by Crippen LogP contribution is 2.36. The average molecular weight is 346 g/mol. The highest BCUT2D eigenvalue weighted by atomic mass is 35.5. The molecule has 24 heavy (non-hydrogen) atoms. The van der Waals surface area contributed by atoms with E-state index in [1.807, 2.05) is 29.5 Å². The topological polar surface area (TPSA) is 64.9 Å². The summed E-state index contributed by atoms with van der Waals surface area (Å²) in [5.41, 5.74) is 2.46. The molecule has 0 spiro atoms. The number of fused-ring (bicyclic) bond motifs is 1. The number of rotatable bonds is 4. The summed E-state index contributed by atoms with van der Waals surface area (Å²) in [5, 5.41) is 3.18. The zero-order valence-electron chi connectivity index (χ0n) is 13.5. The van der Waals surface area contributed by atoms with Crippen molar-refractivity contribution >= 4 is 28.8 Å². The third-order valence-electron chi connectivity index (χ3n) is 3.65. The molecule has 0 saturated carbocycles. The van der Waals surface area contributed by atoms with Gasteiger partial charge in [0.15, 0.2) is 0 Å². The van der Waals surface area contributed by atoms with Gasteiger partial charge in [-0.15, -0.1) is 0 Å². The molecule has 0 aliphatic carbocycles. The minimum atomic E-state index is -0.347. The summed E-state index contributed by atoms with van der Waals surface area (Å²) in [4.78, 5) is 16.9. The van der Waals surface area contributed by atoms with Crippen LogP contribution in [-0.4, -0.2) is 29.5 Å². The molecule has 3 aromatic rings. The number of aromatic nitrogens is 2. The first-order valence-electron chi connectivity index (χ1n) is 7.21. The Morgan fingerprint density at radius 1 is 1.21 bits per heavy atom. The van der Waals surface area contributed by atoms with Gasteiger partial charge in [-0.25, -0.2) is 4.98 Å². The summed E-state index contributed by atoms with van der Waals surface area (Å²) in [6.07, 6.45) is 1.69. The Morgan fingerprint density at radius 2 is 1.96 bits per heavy atom. The summed E-state index contributed by atoms with van der Waals surface area (Å²) in [7, 11) is 3.01. The minimum absolute atomic E-state index is 0.306. The number of halogens is 1. The number of nitrogens with zero attached hydrogens (tertiary/aromatic N) is 2. The lowest BCUT2D eigenvalue weighted by atomic mass is 10.2. The second kappa shape index (κ2) is 6.41. The maximum atomic E-state index is 12.5. The lowest BCUT2D eigenvalue weighted by Gasteiger charge is -2.12. The quantitative estimate of drug-likeness (QED) is 0.785. The Labute approximate surface area is 144 Å². The van der Waals surface area contributed by atoms with Crippen molar-refractivity contribution in [1.29, 1.82) is 0 Å². The molecule has 0 radical (unpaired) electrons. The van der Waals surface area contributed by atoms with E-state index in [2.05, 4.69) is 10.3 Å². The van der Waals surface area contributed by atoms with Crippen LogP contribution in [0.2, 0.25) is 5.02 Å². The first-order valence-corrected chi connectivity index (χ1v) is 7.59. The number of ether oxygens (including phenoxy) is 2. The average Bonchev–Trinajstić information content (AvgIpc) is 3.01. The van der Waals surface area contributed by atoms with Gasteiger partial charge in [-0.3, -0.25) is 4.79 Å². The standard InChI is InChI=1S/C17H16ClN3O3/c1-10-5-4-6-16-19-13(9-21(10)16)17(22)20-12-8-14(23-2)11(18)7-15(12)24-3/h4-9H,1-3H3,(H,20,22). The predicted molar refractivity (Wildman–Crippen MR) is 92.4 cm³/mol. The molecular formula is C17H16ClN3O3. The van der Waals surface area contributed by atoms with Crippen LogP contribution in [0.5, 0.6) is 11.5 Å². The molecule has 0 aliphatic rings. The van der Waals surface area contributed by atoms with Gasteiger partial charge >= 0.3 is 0 Å². The lowest BCUT2D eigenvalue weighted by Crippen LogP contribution is -2.13. The molecular weight excluding hydrogens is 330 g/mol. The molecule has 3 rings (SSSR count). The summed E-state index contributed by atoms with van der Waals surface area (Å²) < 4.78 is 12.3. The number of nitrogens with one attached hydrogen (secondary N) is 1. The van der Waals surface area contributed by atoms with E-state index in [1.165, 1.54) is 14.2 Å². The lowest BCUT2D eigenvalue weighted by molar-refractivity contribution is 0.102. The van der Waals surface area contributed by atoms with Crippen molar-refractivity contribution in [2.75, 3.05) is 19.5 Å². The van der Waals surface area contributed by atoms with E-state index in [-0.39, 0.29) is 5.91 Å². The highest BCUT2D eigenvalue weighted by molar-refractivity contribution is 6.32. The molecule has 2 aromatic heterocycles. The molecule has 7 heteroatoms. The van der Waals surface area contributed by atoms with Crippen LogP contribution < -0.4 is 14.8 Å². The number of amides is 1. The molecule has 0 bridgehead atoms. The Bertz CT molecular complexity index is 921. The number of aryl methyl sites for hydroxylation is 1. The molecule has 1 amide bonds. The largest absolute Gasteiger partial charge is 0.495 e. The van der Waals surface area contributed by atoms with Crippen molar-refractivity contribution in [1.82, 2.24) is 9.38 Å². The summed E-state index contributed by atoms with van der Waals surface area (Å²) in [6.45, 7) is 1.95. The Hall–Kier alpha value is -2.73. The molecule has 0 atom stereocenters. The number of hydrogen-bond donors (Lipinski definition) is 1. The maximum Gasteiger partial charge on any atom is 0.275 e. The fourth-order valence-corrected chi connectivity index (χ4v) is 2.63. The summed E-state index contributed by atoms with van der Waals surface area (Å²) in [6, 6.07) is 8.88. The van der Waals surface area contributed by atoms with Gasteiger partial charge in [-0.1, -0.05) is 17.7 Å². The van der Waals surface area contributed by atoms with E-state index < -0.39 is 0 Å². The molecule has 6 nitrogen and oxygen atoms in total. The van der Waals surface area contributed by atoms with Crippen molar-refractivity contribution in [2.24, 2.45) is 0 Å². The van der Waals surface area contributed by atoms with E-state index in [0.717, 1.165) is 5.69 Å². The molecule has 0 unspecified atom stereocenters. The molecule has 0 aliphatic heterocycles. The number of methoxy groups -OCH3 is 2. The maximum absolute atomic E-state index is 12.5. The fourth-order valence-electron chi connectivity index (χ4n) is 2.40. The number of pyridine rings is 1. The van der Waals surface area contributed by atoms with Gasteiger partial charge in [-0.05, 0) is 19.1 Å². The van der Waals surface area contributed by atoms with E-state index in [0.29, 0.717) is 33.6 Å². The minimum Gasteiger partial charge on any atom is -0.495 e. The van der Waals surface area contributed by atoms with Gasteiger partial charge in [0, 0.05) is 24.0 Å². The monoisotopic (exact) mass is 345 g/mol. The number of carbonyl (C=O) groups is 1. The molecule has 0 fully saturated rings. The van der Waals surface area contributed by atoms with Crippen molar-refractivity contribution in [3.63, 3.8) is 0 Å². The molecule has 1 N–H and O–H groups in total. The van der Waals surface area contributed by atoms with Crippen LogP contribution in [0.1, 0.15) is 16.2 Å². The second-order valence-corrected chi connectivity index (χ2v) is 5.57. The van der Waals surface area contributed by atoms with Crippen LogP contribution in [-0.2, 0) is 0 Å². The van der Waals surface area contributed by atoms with Crippen LogP contribution in [0, 0.1) is 6.92 Å². The molecule has 124 valence electrons. The number of hydrogen-bond acceptors (Lipinski definition) is 4. The Kier molecular flexibility index (Phi) is 4.31. The first-order chi connectivity index (χ1) is 11.5. The van der Waals surface area contributed by atoms with Crippen LogP contribution in [0.4, 0.5) is 5.69 Å². The first kappa shape index (κ1) is 16.1. The zero-order chi connectivity index (χ0) is 17.3. The number of benzene rings is 1. The van der Waals surface area contributed by atoms with Crippen molar-refractivity contribution in [2.45, 2.75) is 6.92 Å². The van der Waals surface area contributed by atoms with E-state index in [9.17, 15) is 4.79 Å². The number of carbonyl (C=O) groups excluding carboxylic acids is 1. The van der Waals surface area contributed by atoms with Gasteiger partial charge in [0.2, 0.25) is 0 Å². The third-order valence-corrected chi connectivity index (χ3v) is 3.95. The van der Waals surface area contributed by atoms with E-state index in [1.54, 1.807) is 18.3 Å². The third kappa shape index (κ3) is 2.88. The Balaban J connectivity index is 1.95. The predicted octanol–water partition coefficient (Wildman–Crippen LogP) is 3.57.